The standard InChI is InChI=1S/C8H16N2O3/c1-5(9-3)7(11)10-6(2)8(12)13-4/h5-6,9H,1-4H3,(H,10,11)/t5-,6?/m0/s1. The third-order valence-electron chi connectivity index (χ3n) is 1.74. The van der Waals surface area contributed by atoms with Crippen molar-refractivity contribution in [3.8, 4) is 0 Å². The van der Waals surface area contributed by atoms with Crippen molar-refractivity contribution in [3.63, 3.8) is 0 Å². The smallest absolute Gasteiger partial charge is 0.328 e. The summed E-state index contributed by atoms with van der Waals surface area (Å²) < 4.78 is 4.45. The topological polar surface area (TPSA) is 67.4 Å². The Labute approximate surface area is 77.8 Å². The molecule has 0 bridgehead atoms. The van der Waals surface area contributed by atoms with E-state index in [2.05, 4.69) is 15.4 Å². The quantitative estimate of drug-likeness (QED) is 0.571. The SMILES string of the molecule is CN[C@@H](C)C(=O)NC(C)C(=O)OC. The largest absolute Gasteiger partial charge is 0.467 e. The van der Waals surface area contributed by atoms with Gasteiger partial charge in [0.1, 0.15) is 6.04 Å². The molecule has 0 aromatic carbocycles. The highest BCUT2D eigenvalue weighted by molar-refractivity contribution is 5.86. The highest BCUT2D eigenvalue weighted by Gasteiger charge is 2.18. The molecule has 13 heavy (non-hydrogen) atoms. The molecule has 0 aliphatic heterocycles. The number of hydrogen-bond donors (Lipinski definition) is 2. The predicted molar refractivity (Wildman–Crippen MR) is 48.1 cm³/mol. The summed E-state index contributed by atoms with van der Waals surface area (Å²) in [5.74, 6) is -0.669. The van der Waals surface area contributed by atoms with E-state index in [-0.39, 0.29) is 11.9 Å². The fourth-order valence-corrected chi connectivity index (χ4v) is 0.705. The van der Waals surface area contributed by atoms with E-state index in [0.29, 0.717) is 0 Å². The third kappa shape index (κ3) is 3.89. The fourth-order valence-electron chi connectivity index (χ4n) is 0.705. The van der Waals surface area contributed by atoms with Crippen molar-refractivity contribution >= 4 is 11.9 Å². The van der Waals surface area contributed by atoms with Crippen LogP contribution in [0.5, 0.6) is 0 Å². The van der Waals surface area contributed by atoms with E-state index in [0.717, 1.165) is 0 Å². The van der Waals surface area contributed by atoms with Gasteiger partial charge in [-0.15, -0.1) is 0 Å². The number of nitrogens with one attached hydrogen (secondary N) is 2. The lowest BCUT2D eigenvalue weighted by Crippen LogP contribution is -2.47. The van der Waals surface area contributed by atoms with Gasteiger partial charge in [0.05, 0.1) is 13.2 Å². The lowest BCUT2D eigenvalue weighted by Gasteiger charge is -2.14. The molecule has 76 valence electrons. The number of amides is 1. The molecule has 1 amide bonds. The third-order valence-corrected chi connectivity index (χ3v) is 1.74. The van der Waals surface area contributed by atoms with Crippen LogP contribution in [0, 0.1) is 0 Å². The summed E-state index contributed by atoms with van der Waals surface area (Å²) in [6, 6.07) is -0.916. The van der Waals surface area contributed by atoms with Crippen LogP contribution in [0.3, 0.4) is 0 Å². The Hall–Kier alpha value is -1.10. The normalized spacial score (nSPS) is 14.5. The van der Waals surface area contributed by atoms with Crippen LogP contribution >= 0.6 is 0 Å². The summed E-state index contributed by atoms with van der Waals surface area (Å²) in [7, 11) is 2.96. The van der Waals surface area contributed by atoms with Crippen LogP contribution < -0.4 is 10.6 Å². The van der Waals surface area contributed by atoms with E-state index in [9.17, 15) is 9.59 Å². The van der Waals surface area contributed by atoms with Gasteiger partial charge in [-0.25, -0.2) is 4.79 Å². The molecule has 5 nitrogen and oxygen atoms in total. The molecule has 1 unspecified atom stereocenters. The Morgan fingerprint density at radius 1 is 1.23 bits per heavy atom. The molecule has 0 aromatic heterocycles. The number of esters is 1. The van der Waals surface area contributed by atoms with Gasteiger partial charge >= 0.3 is 5.97 Å². The number of carbonyl (C=O) groups is 2. The Balaban J connectivity index is 3.98. The van der Waals surface area contributed by atoms with Crippen LogP contribution in [0.2, 0.25) is 0 Å². The van der Waals surface area contributed by atoms with E-state index >= 15 is 0 Å². The molecule has 0 saturated heterocycles. The second-order valence-corrected chi connectivity index (χ2v) is 2.76. The second kappa shape index (κ2) is 5.53. The number of ether oxygens (including phenoxy) is 1. The minimum absolute atomic E-state index is 0.222. The van der Waals surface area contributed by atoms with Gasteiger partial charge < -0.3 is 15.4 Å². The van der Waals surface area contributed by atoms with Crippen molar-refractivity contribution in [2.75, 3.05) is 14.2 Å². The Morgan fingerprint density at radius 2 is 1.77 bits per heavy atom. The summed E-state index contributed by atoms with van der Waals surface area (Å²) in [5.41, 5.74) is 0. The highest BCUT2D eigenvalue weighted by Crippen LogP contribution is 1.88. The molecule has 0 spiro atoms. The molecule has 0 aliphatic rings. The zero-order valence-electron chi connectivity index (χ0n) is 8.38. The van der Waals surface area contributed by atoms with Crippen molar-refractivity contribution in [1.82, 2.24) is 10.6 Å². The monoisotopic (exact) mass is 188 g/mol. The van der Waals surface area contributed by atoms with Gasteiger partial charge in [0.2, 0.25) is 5.91 Å². The highest BCUT2D eigenvalue weighted by atomic mass is 16.5. The van der Waals surface area contributed by atoms with E-state index in [1.165, 1.54) is 7.11 Å². The molecule has 0 fully saturated rings. The Kier molecular flexibility index (Phi) is 5.06. The lowest BCUT2D eigenvalue weighted by atomic mass is 10.2. The van der Waals surface area contributed by atoms with Crippen LogP contribution in [0.15, 0.2) is 0 Å². The zero-order valence-corrected chi connectivity index (χ0v) is 8.38. The molecule has 0 heterocycles. The maximum absolute atomic E-state index is 11.2. The van der Waals surface area contributed by atoms with Crippen molar-refractivity contribution < 1.29 is 14.3 Å². The molecular weight excluding hydrogens is 172 g/mol. The van der Waals surface area contributed by atoms with E-state index < -0.39 is 12.0 Å². The summed E-state index contributed by atoms with van der Waals surface area (Å²) in [6.45, 7) is 3.28. The molecule has 0 aromatic rings. The minimum atomic E-state index is -0.603. The van der Waals surface area contributed by atoms with E-state index in [1.54, 1.807) is 20.9 Å². The van der Waals surface area contributed by atoms with Crippen molar-refractivity contribution in [2.24, 2.45) is 0 Å². The first-order chi connectivity index (χ1) is 6.02. The number of likely N-dealkylation sites (N-methyl/N-ethyl adjacent to an activating group) is 1. The van der Waals surface area contributed by atoms with Crippen LogP contribution in [0.1, 0.15) is 13.8 Å². The van der Waals surface area contributed by atoms with Crippen LogP contribution in [0.4, 0.5) is 0 Å². The van der Waals surface area contributed by atoms with Crippen LogP contribution in [0.25, 0.3) is 0 Å². The van der Waals surface area contributed by atoms with Gasteiger partial charge in [0.25, 0.3) is 0 Å². The molecule has 2 atom stereocenters. The molecule has 0 radical (unpaired) electrons. The first-order valence-corrected chi connectivity index (χ1v) is 4.08. The maximum atomic E-state index is 11.2. The summed E-state index contributed by atoms with van der Waals surface area (Å²) >= 11 is 0. The second-order valence-electron chi connectivity index (χ2n) is 2.76. The number of methoxy groups -OCH3 is 1. The summed E-state index contributed by atoms with van der Waals surface area (Å²) in [4.78, 5) is 22.1. The summed E-state index contributed by atoms with van der Waals surface area (Å²) in [6.07, 6.45) is 0. The minimum Gasteiger partial charge on any atom is -0.467 e. The number of carbonyl (C=O) groups excluding carboxylic acids is 2. The average Bonchev–Trinajstić information content (AvgIpc) is 2.14. The van der Waals surface area contributed by atoms with E-state index in [1.807, 2.05) is 0 Å². The molecule has 0 aliphatic carbocycles. The molecular formula is C8H16N2O3. The predicted octanol–water partition coefficient (Wildman–Crippen LogP) is -0.728. The first-order valence-electron chi connectivity index (χ1n) is 4.08. The van der Waals surface area contributed by atoms with Gasteiger partial charge in [-0.3, -0.25) is 4.79 Å². The van der Waals surface area contributed by atoms with Crippen molar-refractivity contribution in [2.45, 2.75) is 25.9 Å². The van der Waals surface area contributed by atoms with Gasteiger partial charge in [-0.1, -0.05) is 0 Å². The van der Waals surface area contributed by atoms with Gasteiger partial charge in [-0.2, -0.15) is 0 Å². The van der Waals surface area contributed by atoms with Gasteiger partial charge in [0.15, 0.2) is 0 Å². The van der Waals surface area contributed by atoms with Crippen LogP contribution in [-0.4, -0.2) is 38.1 Å². The first kappa shape index (κ1) is 11.9. The van der Waals surface area contributed by atoms with Crippen molar-refractivity contribution in [3.05, 3.63) is 0 Å². The Morgan fingerprint density at radius 3 is 2.15 bits per heavy atom. The maximum Gasteiger partial charge on any atom is 0.328 e. The Bertz CT molecular complexity index is 194. The lowest BCUT2D eigenvalue weighted by molar-refractivity contribution is -0.144. The zero-order chi connectivity index (χ0) is 10.4. The molecule has 2 N–H and O–H groups in total. The number of rotatable bonds is 4. The molecule has 0 saturated carbocycles. The van der Waals surface area contributed by atoms with E-state index in [4.69, 9.17) is 0 Å². The average molecular weight is 188 g/mol. The fraction of sp³-hybridized carbons (Fsp3) is 0.750. The molecule has 0 rings (SSSR count). The van der Waals surface area contributed by atoms with Crippen molar-refractivity contribution in [1.29, 1.82) is 0 Å². The summed E-state index contributed by atoms with van der Waals surface area (Å²) in [5, 5.41) is 5.27. The number of hydrogen-bond acceptors (Lipinski definition) is 4. The van der Waals surface area contributed by atoms with Gasteiger partial charge in [0, 0.05) is 0 Å². The van der Waals surface area contributed by atoms with Crippen LogP contribution in [-0.2, 0) is 14.3 Å². The van der Waals surface area contributed by atoms with Gasteiger partial charge in [-0.05, 0) is 20.9 Å². The molecule has 5 heteroatoms.